The summed E-state index contributed by atoms with van der Waals surface area (Å²) < 4.78 is 0. The Labute approximate surface area is 213 Å². The lowest BCUT2D eigenvalue weighted by molar-refractivity contribution is 0.798. The molecule has 2 aromatic rings. The molecule has 0 aliphatic heterocycles. The van der Waals surface area contributed by atoms with Gasteiger partial charge < -0.3 is 5.32 Å². The van der Waals surface area contributed by atoms with E-state index in [1.807, 2.05) is 19.1 Å². The minimum absolute atomic E-state index is 0.857. The van der Waals surface area contributed by atoms with Crippen LogP contribution >= 0.6 is 0 Å². The molecule has 0 fully saturated rings. The third-order valence-corrected chi connectivity index (χ3v) is 5.96. The maximum absolute atomic E-state index is 4.23. The molecule has 0 aromatic heterocycles. The van der Waals surface area contributed by atoms with Crippen LogP contribution < -0.4 is 5.32 Å². The number of benzene rings is 2. The molecule has 1 heteroatoms. The van der Waals surface area contributed by atoms with Crippen LogP contribution in [0.25, 0.3) is 5.57 Å². The second kappa shape index (κ2) is 15.3. The maximum Gasteiger partial charge on any atom is 0.0343 e. The summed E-state index contributed by atoms with van der Waals surface area (Å²) in [6, 6.07) is 20.9. The van der Waals surface area contributed by atoms with Crippen molar-refractivity contribution in [3.8, 4) is 0 Å². The topological polar surface area (TPSA) is 12.0 Å². The van der Waals surface area contributed by atoms with Gasteiger partial charge in [0.1, 0.15) is 0 Å². The largest absolute Gasteiger partial charge is 0.385 e. The molecule has 0 saturated carbocycles. The third-order valence-electron chi connectivity index (χ3n) is 5.96. The van der Waals surface area contributed by atoms with E-state index in [0.717, 1.165) is 42.7 Å². The summed E-state index contributed by atoms with van der Waals surface area (Å²) in [6.45, 7) is 17.7. The molecule has 2 aromatic carbocycles. The Morgan fingerprint density at radius 2 is 1.51 bits per heavy atom. The van der Waals surface area contributed by atoms with Gasteiger partial charge in [0.05, 0.1) is 0 Å². The molecule has 0 bridgehead atoms. The third kappa shape index (κ3) is 10.1. The van der Waals surface area contributed by atoms with Gasteiger partial charge in [0.2, 0.25) is 0 Å². The van der Waals surface area contributed by atoms with Gasteiger partial charge in [-0.2, -0.15) is 0 Å². The van der Waals surface area contributed by atoms with Crippen molar-refractivity contribution in [2.75, 3.05) is 6.54 Å². The summed E-state index contributed by atoms with van der Waals surface area (Å²) in [6.07, 6.45) is 16.2. The lowest BCUT2D eigenvalue weighted by atomic mass is 10.0. The molecular formula is C34H41N. The highest BCUT2D eigenvalue weighted by molar-refractivity contribution is 5.66. The molecule has 0 unspecified atom stereocenters. The summed E-state index contributed by atoms with van der Waals surface area (Å²) >= 11 is 0. The van der Waals surface area contributed by atoms with Gasteiger partial charge in [-0.05, 0) is 79.0 Å². The van der Waals surface area contributed by atoms with E-state index in [0.29, 0.717) is 0 Å². The van der Waals surface area contributed by atoms with E-state index in [9.17, 15) is 0 Å². The molecule has 0 amide bonds. The van der Waals surface area contributed by atoms with E-state index in [1.54, 1.807) is 0 Å². The van der Waals surface area contributed by atoms with Crippen molar-refractivity contribution in [2.24, 2.45) is 0 Å². The minimum atomic E-state index is 0.857. The molecule has 1 aliphatic rings. The highest BCUT2D eigenvalue weighted by Crippen LogP contribution is 2.19. The molecule has 1 N–H and O–H groups in total. The van der Waals surface area contributed by atoms with E-state index >= 15 is 0 Å². The Bertz CT molecular complexity index is 1110. The van der Waals surface area contributed by atoms with Crippen molar-refractivity contribution in [1.29, 1.82) is 0 Å². The van der Waals surface area contributed by atoms with Gasteiger partial charge in [-0.1, -0.05) is 117 Å². The summed E-state index contributed by atoms with van der Waals surface area (Å²) in [5.41, 5.74) is 9.57. The zero-order valence-electron chi connectivity index (χ0n) is 22.0. The molecule has 1 nitrogen and oxygen atoms in total. The first-order valence-electron chi connectivity index (χ1n) is 12.5. The number of rotatable bonds is 9. The average molecular weight is 464 g/mol. The van der Waals surface area contributed by atoms with Crippen LogP contribution in [0.15, 0.2) is 138 Å². The van der Waals surface area contributed by atoms with Gasteiger partial charge in [0.25, 0.3) is 0 Å². The Balaban J connectivity index is 0.000000456. The normalized spacial score (nSPS) is 13.6. The van der Waals surface area contributed by atoms with Gasteiger partial charge in [-0.15, -0.1) is 0 Å². The molecule has 0 heterocycles. The first-order chi connectivity index (χ1) is 16.9. The predicted octanol–water partition coefficient (Wildman–Crippen LogP) is 9.17. The van der Waals surface area contributed by atoms with Crippen LogP contribution in [-0.2, 0) is 6.42 Å². The number of aryl methyl sites for hydroxylation is 1. The van der Waals surface area contributed by atoms with Crippen LogP contribution in [0.2, 0.25) is 0 Å². The fourth-order valence-corrected chi connectivity index (χ4v) is 3.72. The van der Waals surface area contributed by atoms with Crippen LogP contribution in [0.3, 0.4) is 0 Å². The molecule has 0 saturated heterocycles. The molecular weight excluding hydrogens is 422 g/mol. The molecule has 1 aliphatic carbocycles. The zero-order valence-corrected chi connectivity index (χ0v) is 22.0. The van der Waals surface area contributed by atoms with Gasteiger partial charge in [0.15, 0.2) is 0 Å². The van der Waals surface area contributed by atoms with Crippen molar-refractivity contribution in [1.82, 2.24) is 5.32 Å². The van der Waals surface area contributed by atoms with Gasteiger partial charge in [0, 0.05) is 12.2 Å². The lowest BCUT2D eigenvalue weighted by Gasteiger charge is -2.14. The van der Waals surface area contributed by atoms with Crippen LogP contribution in [-0.4, -0.2) is 6.54 Å². The minimum Gasteiger partial charge on any atom is -0.385 e. The van der Waals surface area contributed by atoms with E-state index in [2.05, 4.69) is 124 Å². The van der Waals surface area contributed by atoms with Crippen LogP contribution in [0.5, 0.6) is 0 Å². The molecule has 182 valence electrons. The first kappa shape index (κ1) is 27.7. The second-order valence-electron chi connectivity index (χ2n) is 8.82. The van der Waals surface area contributed by atoms with Crippen LogP contribution in [0.4, 0.5) is 0 Å². The quantitative estimate of drug-likeness (QED) is 0.365. The average Bonchev–Trinajstić information content (AvgIpc) is 3.09. The summed E-state index contributed by atoms with van der Waals surface area (Å²) in [7, 11) is 0. The van der Waals surface area contributed by atoms with Crippen molar-refractivity contribution in [3.63, 3.8) is 0 Å². The van der Waals surface area contributed by atoms with E-state index < -0.39 is 0 Å². The SMILES string of the molecule is C=C(C)/C(=C/C=C(\C)c1ccccc1)C(=C)NCCC1=C(C)C=CCC=C1.CCc1ccccc1. The smallest absolute Gasteiger partial charge is 0.0343 e. The fourth-order valence-electron chi connectivity index (χ4n) is 3.72. The molecule has 35 heavy (non-hydrogen) atoms. The van der Waals surface area contributed by atoms with Crippen molar-refractivity contribution in [3.05, 3.63) is 149 Å². The molecule has 3 rings (SSSR count). The van der Waals surface area contributed by atoms with Gasteiger partial charge in [-0.25, -0.2) is 0 Å². The van der Waals surface area contributed by atoms with Gasteiger partial charge >= 0.3 is 0 Å². The Hall–Kier alpha value is -3.58. The van der Waals surface area contributed by atoms with Crippen molar-refractivity contribution < 1.29 is 0 Å². The number of hydrogen-bond donors (Lipinski definition) is 1. The summed E-state index contributed by atoms with van der Waals surface area (Å²) in [5, 5.41) is 3.47. The first-order valence-corrected chi connectivity index (χ1v) is 12.5. The Morgan fingerprint density at radius 3 is 2.11 bits per heavy atom. The zero-order chi connectivity index (χ0) is 25.5. The lowest BCUT2D eigenvalue weighted by Crippen LogP contribution is -2.16. The van der Waals surface area contributed by atoms with Crippen LogP contribution in [0.1, 0.15) is 51.7 Å². The predicted molar refractivity (Wildman–Crippen MR) is 156 cm³/mol. The van der Waals surface area contributed by atoms with Crippen molar-refractivity contribution >= 4 is 5.57 Å². The van der Waals surface area contributed by atoms with E-state index in [1.165, 1.54) is 27.8 Å². The molecule has 0 spiro atoms. The number of allylic oxidation sites excluding steroid dienone is 9. The summed E-state index contributed by atoms with van der Waals surface area (Å²) in [4.78, 5) is 0. The number of hydrogen-bond acceptors (Lipinski definition) is 1. The fraction of sp³-hybridized carbons (Fsp3) is 0.235. The Morgan fingerprint density at radius 1 is 0.886 bits per heavy atom. The highest BCUT2D eigenvalue weighted by atomic mass is 14.9. The summed E-state index contributed by atoms with van der Waals surface area (Å²) in [5.74, 6) is 0. The monoisotopic (exact) mass is 463 g/mol. The number of nitrogens with one attached hydrogen (secondary N) is 1. The van der Waals surface area contributed by atoms with E-state index in [4.69, 9.17) is 0 Å². The Kier molecular flexibility index (Phi) is 12.1. The second-order valence-corrected chi connectivity index (χ2v) is 8.82. The molecule has 0 atom stereocenters. The van der Waals surface area contributed by atoms with E-state index in [-0.39, 0.29) is 0 Å². The van der Waals surface area contributed by atoms with Gasteiger partial charge in [-0.3, -0.25) is 0 Å². The maximum atomic E-state index is 4.23. The standard InChI is InChI=1S/C26H31N.C8H10/c1-20(2)26(17-16-22(4)24-13-10-7-11-14-24)23(5)27-19-18-25-15-9-6-8-12-21(25)3;1-2-8-6-4-3-5-7-8/h7-17,27H,1,5-6,18-19H2,2-4H3;3-7H,2H2,1H3/b22-16+,26-17-;. The molecule has 0 radical (unpaired) electrons. The highest BCUT2D eigenvalue weighted by Gasteiger charge is 2.05. The van der Waals surface area contributed by atoms with Crippen molar-refractivity contribution in [2.45, 2.75) is 47.0 Å². The van der Waals surface area contributed by atoms with Crippen LogP contribution in [0, 0.1) is 0 Å².